The Labute approximate surface area is 176 Å². The van der Waals surface area contributed by atoms with E-state index in [1.54, 1.807) is 12.1 Å². The maximum absolute atomic E-state index is 12.8. The topological polar surface area (TPSA) is 73.2 Å². The second-order valence-electron chi connectivity index (χ2n) is 7.02. The Morgan fingerprint density at radius 3 is 2.48 bits per heavy atom. The number of amides is 1. The van der Waals surface area contributed by atoms with Gasteiger partial charge in [0, 0.05) is 17.8 Å². The van der Waals surface area contributed by atoms with E-state index in [2.05, 4.69) is 10.4 Å². The van der Waals surface area contributed by atoms with E-state index in [1.807, 2.05) is 19.9 Å². The zero-order valence-corrected chi connectivity index (χ0v) is 17.0. The first-order valence-electron chi connectivity index (χ1n) is 9.37. The summed E-state index contributed by atoms with van der Waals surface area (Å²) in [4.78, 5) is 24.6. The van der Waals surface area contributed by atoms with Crippen LogP contribution in [0.15, 0.2) is 59.4 Å². The average molecular weight is 431 g/mol. The SMILES string of the molecule is Cc1ccc(-n2nc(O[C@H](C)C(=O)Nc3cccc(C(F)(F)F)c3)ccc2=O)cc1C. The number of carbonyl (C=O) groups excluding carboxylic acids is 1. The lowest BCUT2D eigenvalue weighted by atomic mass is 10.1. The van der Waals surface area contributed by atoms with Crippen LogP contribution in [0, 0.1) is 13.8 Å². The number of hydrogen-bond donors (Lipinski definition) is 1. The fraction of sp³-hybridized carbons (Fsp3) is 0.227. The van der Waals surface area contributed by atoms with Crippen molar-refractivity contribution in [3.05, 3.63) is 81.6 Å². The summed E-state index contributed by atoms with van der Waals surface area (Å²) in [5.74, 6) is -0.644. The van der Waals surface area contributed by atoms with Crippen LogP contribution in [-0.4, -0.2) is 21.8 Å². The number of benzene rings is 2. The van der Waals surface area contributed by atoms with Gasteiger partial charge in [0.15, 0.2) is 6.10 Å². The van der Waals surface area contributed by atoms with E-state index in [-0.39, 0.29) is 17.1 Å². The van der Waals surface area contributed by atoms with Gasteiger partial charge in [0.1, 0.15) is 0 Å². The molecule has 9 heteroatoms. The van der Waals surface area contributed by atoms with Crippen molar-refractivity contribution >= 4 is 11.6 Å². The number of anilines is 1. The van der Waals surface area contributed by atoms with E-state index in [9.17, 15) is 22.8 Å². The van der Waals surface area contributed by atoms with Gasteiger partial charge in [0.05, 0.1) is 11.3 Å². The van der Waals surface area contributed by atoms with Crippen LogP contribution < -0.4 is 15.6 Å². The molecule has 6 nitrogen and oxygen atoms in total. The van der Waals surface area contributed by atoms with E-state index < -0.39 is 23.8 Å². The molecule has 1 atom stereocenters. The first-order chi connectivity index (χ1) is 14.5. The minimum atomic E-state index is -4.52. The molecule has 0 aliphatic carbocycles. The van der Waals surface area contributed by atoms with Crippen LogP contribution in [0.5, 0.6) is 5.88 Å². The second-order valence-corrected chi connectivity index (χ2v) is 7.02. The van der Waals surface area contributed by atoms with Crippen molar-refractivity contribution in [2.45, 2.75) is 33.1 Å². The Hall–Kier alpha value is -3.62. The summed E-state index contributed by atoms with van der Waals surface area (Å²) >= 11 is 0. The van der Waals surface area contributed by atoms with Crippen LogP contribution >= 0.6 is 0 Å². The number of nitrogens with zero attached hydrogens (tertiary/aromatic N) is 2. The molecule has 1 amide bonds. The van der Waals surface area contributed by atoms with Gasteiger partial charge >= 0.3 is 6.18 Å². The fourth-order valence-electron chi connectivity index (χ4n) is 2.75. The standard InChI is InChI=1S/C22H20F3N3O3/c1-13-7-8-18(11-14(13)2)28-20(29)10-9-19(27-28)31-15(3)21(30)26-17-6-4-5-16(12-17)22(23,24)25/h4-12,15H,1-3H3,(H,26,30)/t15-/m1/s1. The summed E-state index contributed by atoms with van der Waals surface area (Å²) in [6.45, 7) is 5.28. The Bertz CT molecular complexity index is 1170. The molecule has 31 heavy (non-hydrogen) atoms. The number of carbonyl (C=O) groups is 1. The lowest BCUT2D eigenvalue weighted by molar-refractivity contribution is -0.137. The number of ether oxygens (including phenoxy) is 1. The van der Waals surface area contributed by atoms with Crippen LogP contribution in [0.4, 0.5) is 18.9 Å². The summed E-state index contributed by atoms with van der Waals surface area (Å²) < 4.78 is 45.2. The van der Waals surface area contributed by atoms with Crippen LogP contribution in [0.2, 0.25) is 0 Å². The Morgan fingerprint density at radius 2 is 1.81 bits per heavy atom. The number of alkyl halides is 3. The molecule has 0 radical (unpaired) electrons. The normalized spacial score (nSPS) is 12.3. The van der Waals surface area contributed by atoms with E-state index >= 15 is 0 Å². The molecule has 3 rings (SSSR count). The molecular weight excluding hydrogens is 411 g/mol. The molecule has 1 N–H and O–H groups in total. The van der Waals surface area contributed by atoms with Gasteiger partial charge in [-0.2, -0.15) is 17.9 Å². The molecule has 0 fully saturated rings. The van der Waals surface area contributed by atoms with Crippen molar-refractivity contribution < 1.29 is 22.7 Å². The van der Waals surface area contributed by atoms with Gasteiger partial charge in [-0.05, 0) is 62.2 Å². The van der Waals surface area contributed by atoms with Gasteiger partial charge in [-0.25, -0.2) is 0 Å². The molecule has 0 saturated carbocycles. The maximum Gasteiger partial charge on any atom is 0.416 e. The highest BCUT2D eigenvalue weighted by Gasteiger charge is 2.30. The van der Waals surface area contributed by atoms with Crippen molar-refractivity contribution in [3.8, 4) is 11.6 Å². The van der Waals surface area contributed by atoms with E-state index in [0.717, 1.165) is 27.9 Å². The molecule has 1 heterocycles. The monoisotopic (exact) mass is 431 g/mol. The molecule has 0 unspecified atom stereocenters. The number of aromatic nitrogens is 2. The number of nitrogens with one attached hydrogen (secondary N) is 1. The van der Waals surface area contributed by atoms with Gasteiger partial charge in [0.2, 0.25) is 5.88 Å². The largest absolute Gasteiger partial charge is 0.463 e. The molecule has 2 aromatic carbocycles. The summed E-state index contributed by atoms with van der Waals surface area (Å²) in [7, 11) is 0. The van der Waals surface area contributed by atoms with E-state index in [1.165, 1.54) is 31.2 Å². The number of halogens is 3. The van der Waals surface area contributed by atoms with E-state index in [0.29, 0.717) is 5.69 Å². The third-order valence-corrected chi connectivity index (χ3v) is 4.64. The Kier molecular flexibility index (Phi) is 6.14. The molecular formula is C22H20F3N3O3. The molecule has 3 aromatic rings. The predicted molar refractivity (Wildman–Crippen MR) is 109 cm³/mol. The molecule has 0 saturated heterocycles. The first kappa shape index (κ1) is 22.1. The fourth-order valence-corrected chi connectivity index (χ4v) is 2.75. The van der Waals surface area contributed by atoms with Crippen LogP contribution in [0.3, 0.4) is 0 Å². The van der Waals surface area contributed by atoms with Crippen LogP contribution in [-0.2, 0) is 11.0 Å². The average Bonchev–Trinajstić information content (AvgIpc) is 2.71. The quantitative estimate of drug-likeness (QED) is 0.655. The third-order valence-electron chi connectivity index (χ3n) is 4.64. The highest BCUT2D eigenvalue weighted by atomic mass is 19.4. The van der Waals surface area contributed by atoms with Crippen molar-refractivity contribution in [1.82, 2.24) is 9.78 Å². The summed E-state index contributed by atoms with van der Waals surface area (Å²) in [6.07, 6.45) is -5.60. The predicted octanol–water partition coefficient (Wildman–Crippen LogP) is 4.27. The maximum atomic E-state index is 12.8. The molecule has 0 bridgehead atoms. The zero-order chi connectivity index (χ0) is 22.8. The third kappa shape index (κ3) is 5.30. The molecule has 0 aliphatic rings. The Balaban J connectivity index is 1.76. The van der Waals surface area contributed by atoms with Gasteiger partial charge in [-0.3, -0.25) is 9.59 Å². The molecule has 0 aliphatic heterocycles. The van der Waals surface area contributed by atoms with Crippen molar-refractivity contribution in [2.24, 2.45) is 0 Å². The van der Waals surface area contributed by atoms with Crippen LogP contribution in [0.1, 0.15) is 23.6 Å². The summed E-state index contributed by atoms with van der Waals surface area (Å²) in [5, 5.41) is 6.53. The summed E-state index contributed by atoms with van der Waals surface area (Å²) in [5.41, 5.74) is 1.32. The van der Waals surface area contributed by atoms with Gasteiger partial charge < -0.3 is 10.1 Å². The van der Waals surface area contributed by atoms with Crippen molar-refractivity contribution in [2.75, 3.05) is 5.32 Å². The first-order valence-corrected chi connectivity index (χ1v) is 9.37. The van der Waals surface area contributed by atoms with Gasteiger partial charge in [0.25, 0.3) is 11.5 Å². The lowest BCUT2D eigenvalue weighted by Crippen LogP contribution is -2.31. The van der Waals surface area contributed by atoms with Crippen molar-refractivity contribution in [3.63, 3.8) is 0 Å². The number of hydrogen-bond acceptors (Lipinski definition) is 4. The van der Waals surface area contributed by atoms with Gasteiger partial charge in [-0.15, -0.1) is 5.10 Å². The molecule has 162 valence electrons. The number of rotatable bonds is 5. The zero-order valence-electron chi connectivity index (χ0n) is 17.0. The van der Waals surface area contributed by atoms with Crippen molar-refractivity contribution in [1.29, 1.82) is 0 Å². The van der Waals surface area contributed by atoms with Crippen LogP contribution in [0.25, 0.3) is 5.69 Å². The molecule has 0 spiro atoms. The lowest BCUT2D eigenvalue weighted by Gasteiger charge is -2.16. The van der Waals surface area contributed by atoms with E-state index in [4.69, 9.17) is 4.74 Å². The molecule has 1 aromatic heterocycles. The summed E-state index contributed by atoms with van der Waals surface area (Å²) in [6, 6.07) is 12.3. The minimum Gasteiger partial charge on any atom is -0.463 e. The second kappa shape index (κ2) is 8.63. The highest BCUT2D eigenvalue weighted by Crippen LogP contribution is 2.30. The number of aryl methyl sites for hydroxylation is 2. The smallest absolute Gasteiger partial charge is 0.416 e. The minimum absolute atomic E-state index is 0.0108. The van der Waals surface area contributed by atoms with Gasteiger partial charge in [-0.1, -0.05) is 12.1 Å². The highest BCUT2D eigenvalue weighted by molar-refractivity contribution is 5.94. The Morgan fingerprint density at radius 1 is 1.06 bits per heavy atom.